The summed E-state index contributed by atoms with van der Waals surface area (Å²) in [5, 5.41) is 2.42. The molecule has 0 aliphatic heterocycles. The number of nitrogens with zero attached hydrogens (tertiary/aromatic N) is 1. The monoisotopic (exact) mass is 366 g/mol. The van der Waals surface area contributed by atoms with Crippen LogP contribution in [0.15, 0.2) is 36.4 Å². The predicted molar refractivity (Wildman–Crippen MR) is 86.5 cm³/mol. The molecule has 0 aliphatic carbocycles. The molecular weight excluding hydrogens is 356 g/mol. The van der Waals surface area contributed by atoms with Gasteiger partial charge < -0.3 is 5.32 Å². The van der Waals surface area contributed by atoms with E-state index in [1.54, 1.807) is 0 Å². The van der Waals surface area contributed by atoms with Crippen LogP contribution in [0.2, 0.25) is 0 Å². The summed E-state index contributed by atoms with van der Waals surface area (Å²) in [6.45, 7) is 1.51. The molecule has 1 amide bonds. The number of rotatable bonds is 3. The van der Waals surface area contributed by atoms with E-state index in [4.69, 9.17) is 0 Å². The van der Waals surface area contributed by atoms with Gasteiger partial charge in [0.25, 0.3) is 5.91 Å². The van der Waals surface area contributed by atoms with E-state index in [1.165, 1.54) is 19.1 Å². The van der Waals surface area contributed by atoms with Crippen molar-refractivity contribution in [2.45, 2.75) is 6.92 Å². The summed E-state index contributed by atoms with van der Waals surface area (Å²) in [5.41, 5.74) is 0.000496. The topological polar surface area (TPSA) is 42.0 Å². The van der Waals surface area contributed by atoms with Gasteiger partial charge in [-0.05, 0) is 31.2 Å². The van der Waals surface area contributed by atoms with Gasteiger partial charge in [-0.1, -0.05) is 6.07 Å². The van der Waals surface area contributed by atoms with Crippen LogP contribution in [-0.4, -0.2) is 10.9 Å². The zero-order valence-electron chi connectivity index (χ0n) is 12.7. The highest BCUT2D eigenvalue weighted by Gasteiger charge is 2.20. The van der Waals surface area contributed by atoms with Crippen molar-refractivity contribution >= 4 is 22.9 Å². The summed E-state index contributed by atoms with van der Waals surface area (Å²) >= 11 is 0.805. The summed E-state index contributed by atoms with van der Waals surface area (Å²) in [6.07, 6.45) is 0. The number of hydrogen-bond donors (Lipinski definition) is 1. The third-order valence-electron chi connectivity index (χ3n) is 3.36. The second-order valence-electron chi connectivity index (χ2n) is 5.11. The van der Waals surface area contributed by atoms with Crippen LogP contribution < -0.4 is 5.32 Å². The number of aromatic nitrogens is 1. The van der Waals surface area contributed by atoms with Gasteiger partial charge in [0.05, 0.1) is 11.3 Å². The van der Waals surface area contributed by atoms with Crippen molar-refractivity contribution in [1.82, 2.24) is 4.98 Å². The fourth-order valence-corrected chi connectivity index (χ4v) is 3.19. The number of carbonyl (C=O) groups excluding carboxylic acids is 1. The van der Waals surface area contributed by atoms with Gasteiger partial charge in [0, 0.05) is 11.8 Å². The molecule has 1 heterocycles. The highest BCUT2D eigenvalue weighted by Crippen LogP contribution is 2.32. The molecule has 0 fully saturated rings. The molecule has 0 aliphatic rings. The van der Waals surface area contributed by atoms with E-state index in [0.29, 0.717) is 0 Å². The first kappa shape index (κ1) is 17.1. The number of aryl methyl sites for hydroxylation is 1. The minimum atomic E-state index is -1.10. The van der Waals surface area contributed by atoms with Crippen molar-refractivity contribution < 1.29 is 22.4 Å². The standard InChI is InChI=1S/C17H10F4N2OS/c1-8-15(16(24)23-9-5-6-10(18)13(21)7-9)25-17(22-8)14-11(19)3-2-4-12(14)20/h2-7H,1H3,(H,23,24). The number of nitrogens with one attached hydrogen (secondary N) is 1. The highest BCUT2D eigenvalue weighted by atomic mass is 32.1. The molecule has 8 heteroatoms. The summed E-state index contributed by atoms with van der Waals surface area (Å²) < 4.78 is 53.8. The maximum atomic E-state index is 13.9. The molecule has 0 atom stereocenters. The van der Waals surface area contributed by atoms with Gasteiger partial charge in [0.1, 0.15) is 21.5 Å². The third kappa shape index (κ3) is 3.39. The molecule has 0 saturated heterocycles. The fraction of sp³-hybridized carbons (Fsp3) is 0.0588. The highest BCUT2D eigenvalue weighted by molar-refractivity contribution is 7.17. The number of carbonyl (C=O) groups is 1. The Balaban J connectivity index is 1.92. The zero-order chi connectivity index (χ0) is 18.1. The average molecular weight is 366 g/mol. The quantitative estimate of drug-likeness (QED) is 0.668. The molecule has 1 aromatic heterocycles. The molecule has 0 unspecified atom stereocenters. The lowest BCUT2D eigenvalue weighted by Gasteiger charge is -2.04. The fourth-order valence-electron chi connectivity index (χ4n) is 2.18. The second-order valence-corrected chi connectivity index (χ2v) is 6.11. The molecule has 1 N–H and O–H groups in total. The van der Waals surface area contributed by atoms with Crippen LogP contribution in [0.1, 0.15) is 15.4 Å². The number of amides is 1. The molecule has 0 bridgehead atoms. The lowest BCUT2D eigenvalue weighted by atomic mass is 10.2. The van der Waals surface area contributed by atoms with Crippen molar-refractivity contribution in [3.05, 3.63) is 70.2 Å². The number of benzene rings is 2. The summed E-state index contributed by atoms with van der Waals surface area (Å²) in [4.78, 5) is 16.5. The summed E-state index contributed by atoms with van der Waals surface area (Å²) in [6, 6.07) is 6.33. The van der Waals surface area contributed by atoms with Crippen molar-refractivity contribution in [2.24, 2.45) is 0 Å². The van der Waals surface area contributed by atoms with Crippen molar-refractivity contribution in [2.75, 3.05) is 5.32 Å². The van der Waals surface area contributed by atoms with E-state index < -0.39 is 29.2 Å². The predicted octanol–water partition coefficient (Wildman–Crippen LogP) is 4.93. The van der Waals surface area contributed by atoms with Gasteiger partial charge in [-0.15, -0.1) is 11.3 Å². The first-order valence-electron chi connectivity index (χ1n) is 7.05. The normalized spacial score (nSPS) is 10.8. The Morgan fingerprint density at radius 3 is 2.32 bits per heavy atom. The van der Waals surface area contributed by atoms with Crippen LogP contribution in [0.4, 0.5) is 23.2 Å². The van der Waals surface area contributed by atoms with E-state index in [1.807, 2.05) is 0 Å². The van der Waals surface area contributed by atoms with Crippen molar-refractivity contribution in [3.8, 4) is 10.6 Å². The molecule has 25 heavy (non-hydrogen) atoms. The molecule has 128 valence electrons. The van der Waals surface area contributed by atoms with E-state index in [9.17, 15) is 22.4 Å². The molecule has 3 aromatic rings. The van der Waals surface area contributed by atoms with Crippen LogP contribution in [-0.2, 0) is 0 Å². The first-order chi connectivity index (χ1) is 11.9. The molecular formula is C17H10F4N2OS. The van der Waals surface area contributed by atoms with Crippen LogP contribution in [0, 0.1) is 30.2 Å². The Kier molecular flexibility index (Phi) is 4.54. The number of halogens is 4. The molecule has 0 radical (unpaired) electrons. The minimum Gasteiger partial charge on any atom is -0.321 e. The van der Waals surface area contributed by atoms with Crippen LogP contribution in [0.25, 0.3) is 10.6 Å². The molecule has 0 spiro atoms. The second kappa shape index (κ2) is 6.64. The number of thiazole rings is 1. The van der Waals surface area contributed by atoms with Crippen LogP contribution >= 0.6 is 11.3 Å². The Morgan fingerprint density at radius 1 is 1.00 bits per heavy atom. The largest absolute Gasteiger partial charge is 0.321 e. The van der Waals surface area contributed by atoms with Gasteiger partial charge >= 0.3 is 0 Å². The van der Waals surface area contributed by atoms with Crippen LogP contribution in [0.3, 0.4) is 0 Å². The van der Waals surface area contributed by atoms with Crippen LogP contribution in [0.5, 0.6) is 0 Å². The maximum absolute atomic E-state index is 13.9. The van der Waals surface area contributed by atoms with E-state index in [-0.39, 0.29) is 26.8 Å². The summed E-state index contributed by atoms with van der Waals surface area (Å²) in [7, 11) is 0. The Morgan fingerprint density at radius 2 is 1.68 bits per heavy atom. The minimum absolute atomic E-state index is 0.0172. The first-order valence-corrected chi connectivity index (χ1v) is 7.86. The van der Waals surface area contributed by atoms with Crippen molar-refractivity contribution in [3.63, 3.8) is 0 Å². The Hall–Kier alpha value is -2.74. The average Bonchev–Trinajstić information content (AvgIpc) is 2.92. The SMILES string of the molecule is Cc1nc(-c2c(F)cccc2F)sc1C(=O)Nc1ccc(F)c(F)c1. The van der Waals surface area contributed by atoms with Gasteiger partial charge in [0.15, 0.2) is 11.6 Å². The van der Waals surface area contributed by atoms with Gasteiger partial charge in [-0.25, -0.2) is 22.5 Å². The van der Waals surface area contributed by atoms with E-state index in [2.05, 4.69) is 10.3 Å². The summed E-state index contributed by atoms with van der Waals surface area (Å²) in [5.74, 6) is -4.36. The van der Waals surface area contributed by atoms with Crippen molar-refractivity contribution in [1.29, 1.82) is 0 Å². The third-order valence-corrected chi connectivity index (χ3v) is 4.53. The molecule has 3 rings (SSSR count). The van der Waals surface area contributed by atoms with Gasteiger partial charge in [0.2, 0.25) is 0 Å². The maximum Gasteiger partial charge on any atom is 0.267 e. The number of anilines is 1. The van der Waals surface area contributed by atoms with E-state index in [0.717, 1.165) is 35.6 Å². The smallest absolute Gasteiger partial charge is 0.267 e. The molecule has 0 saturated carbocycles. The Labute approximate surface area is 144 Å². The van der Waals surface area contributed by atoms with E-state index >= 15 is 0 Å². The molecule has 3 nitrogen and oxygen atoms in total. The lowest BCUT2D eigenvalue weighted by Crippen LogP contribution is -2.11. The lowest BCUT2D eigenvalue weighted by molar-refractivity contribution is 0.103. The van der Waals surface area contributed by atoms with Gasteiger partial charge in [-0.2, -0.15) is 0 Å². The molecule has 2 aromatic carbocycles. The van der Waals surface area contributed by atoms with Gasteiger partial charge in [-0.3, -0.25) is 4.79 Å². The zero-order valence-corrected chi connectivity index (χ0v) is 13.6. The Bertz CT molecular complexity index is 951. The number of hydrogen-bond acceptors (Lipinski definition) is 3.